The molecule has 0 heterocycles. The van der Waals surface area contributed by atoms with Gasteiger partial charge in [-0.15, -0.1) is 0 Å². The molecule has 1 aliphatic rings. The predicted octanol–water partition coefficient (Wildman–Crippen LogP) is 3.83. The van der Waals surface area contributed by atoms with Crippen LogP contribution in [0.4, 0.5) is 0 Å². The van der Waals surface area contributed by atoms with Gasteiger partial charge in [-0.05, 0) is 54.5 Å². The SMILES string of the molecule is c1ccc2c(c#1)-c1ccccc1CCCC2. The fourth-order valence-electron chi connectivity index (χ4n) is 2.48. The number of hydrogen-bond acceptors (Lipinski definition) is 0. The van der Waals surface area contributed by atoms with Crippen molar-refractivity contribution in [3.63, 3.8) is 0 Å². The zero-order valence-corrected chi connectivity index (χ0v) is 9.29. The number of benzene rings is 1. The van der Waals surface area contributed by atoms with E-state index in [0.717, 1.165) is 0 Å². The molecule has 0 amide bonds. The summed E-state index contributed by atoms with van der Waals surface area (Å²) in [6, 6.07) is 19.2. The molecule has 0 atom stereocenters. The highest BCUT2D eigenvalue weighted by Crippen LogP contribution is 2.29. The highest BCUT2D eigenvalue weighted by molar-refractivity contribution is 5.69. The molecule has 3 rings (SSSR count). The molecule has 0 N–H and O–H groups in total. The van der Waals surface area contributed by atoms with E-state index < -0.39 is 0 Å². The van der Waals surface area contributed by atoms with Crippen LogP contribution in [-0.4, -0.2) is 0 Å². The molecule has 0 saturated carbocycles. The summed E-state index contributed by atoms with van der Waals surface area (Å²) < 4.78 is 0. The summed E-state index contributed by atoms with van der Waals surface area (Å²) in [5.41, 5.74) is 5.50. The monoisotopic (exact) mass is 206 g/mol. The van der Waals surface area contributed by atoms with Gasteiger partial charge >= 0.3 is 0 Å². The van der Waals surface area contributed by atoms with Gasteiger partial charge in [0.1, 0.15) is 0 Å². The molecule has 0 fully saturated rings. The maximum atomic E-state index is 3.29. The van der Waals surface area contributed by atoms with Gasteiger partial charge in [-0.25, -0.2) is 0 Å². The molecule has 1 aliphatic carbocycles. The highest BCUT2D eigenvalue weighted by atomic mass is 14.1. The second kappa shape index (κ2) is 4.02. The molecule has 78 valence electrons. The van der Waals surface area contributed by atoms with E-state index in [1.54, 1.807) is 0 Å². The van der Waals surface area contributed by atoms with E-state index in [1.165, 1.54) is 47.9 Å². The van der Waals surface area contributed by atoms with Crippen molar-refractivity contribution in [2.45, 2.75) is 25.7 Å². The highest BCUT2D eigenvalue weighted by Gasteiger charge is 2.11. The Kier molecular flexibility index (Phi) is 2.38. The standard InChI is InChI=1S/C16H14/c1-2-8-14-10-4-6-12-16(14)15-11-5-3-9-13(15)7-1/h3-5,9-11H,1-2,7-8H2. The number of aryl methyl sites for hydroxylation is 2. The lowest BCUT2D eigenvalue weighted by atomic mass is 9.89. The Morgan fingerprint density at radius 3 is 2.62 bits per heavy atom. The van der Waals surface area contributed by atoms with E-state index in [-0.39, 0.29) is 0 Å². The average molecular weight is 206 g/mol. The number of fused-ring (bicyclic) bond motifs is 3. The maximum absolute atomic E-state index is 3.29. The van der Waals surface area contributed by atoms with Crippen LogP contribution >= 0.6 is 0 Å². The summed E-state index contributed by atoms with van der Waals surface area (Å²) in [6.45, 7) is 0. The zero-order chi connectivity index (χ0) is 10.8. The first kappa shape index (κ1) is 9.48. The number of hydrogen-bond donors (Lipinski definition) is 0. The third-order valence-electron chi connectivity index (χ3n) is 3.32. The molecule has 0 aromatic heterocycles. The van der Waals surface area contributed by atoms with E-state index in [0.29, 0.717) is 0 Å². The van der Waals surface area contributed by atoms with Gasteiger partial charge in [-0.1, -0.05) is 36.4 Å². The molecule has 0 bridgehead atoms. The van der Waals surface area contributed by atoms with Crippen molar-refractivity contribution in [2.24, 2.45) is 0 Å². The Hall–Kier alpha value is -1.74. The molecular formula is C16H14. The zero-order valence-electron chi connectivity index (χ0n) is 9.29. The van der Waals surface area contributed by atoms with Crippen LogP contribution < -0.4 is 0 Å². The smallest absolute Gasteiger partial charge is 0.0356 e. The van der Waals surface area contributed by atoms with Crippen LogP contribution in [0.25, 0.3) is 11.1 Å². The molecule has 0 spiro atoms. The predicted molar refractivity (Wildman–Crippen MR) is 66.2 cm³/mol. The van der Waals surface area contributed by atoms with E-state index in [4.69, 9.17) is 0 Å². The Morgan fingerprint density at radius 1 is 0.875 bits per heavy atom. The molecule has 2 aromatic rings. The van der Waals surface area contributed by atoms with Crippen LogP contribution in [0.15, 0.2) is 36.4 Å². The van der Waals surface area contributed by atoms with E-state index in [1.807, 2.05) is 6.07 Å². The summed E-state index contributed by atoms with van der Waals surface area (Å²) in [5.74, 6) is 0. The first-order chi connectivity index (χ1) is 7.95. The van der Waals surface area contributed by atoms with Crippen molar-refractivity contribution in [3.05, 3.63) is 59.7 Å². The van der Waals surface area contributed by atoms with Crippen molar-refractivity contribution in [1.29, 1.82) is 0 Å². The fraction of sp³-hybridized carbons (Fsp3) is 0.250. The van der Waals surface area contributed by atoms with Gasteiger partial charge in [-0.3, -0.25) is 0 Å². The molecule has 0 saturated heterocycles. The largest absolute Gasteiger partial charge is 0.0696 e. The van der Waals surface area contributed by atoms with E-state index >= 15 is 0 Å². The fourth-order valence-corrected chi connectivity index (χ4v) is 2.48. The van der Waals surface area contributed by atoms with Gasteiger partial charge in [0.15, 0.2) is 0 Å². The van der Waals surface area contributed by atoms with Crippen LogP contribution in [0.5, 0.6) is 0 Å². The lowest BCUT2D eigenvalue weighted by molar-refractivity contribution is 0.729. The molecule has 0 unspecified atom stereocenters. The Labute approximate surface area is 96.9 Å². The van der Waals surface area contributed by atoms with Gasteiger partial charge in [0.05, 0.1) is 0 Å². The summed E-state index contributed by atoms with van der Waals surface area (Å²) in [4.78, 5) is 0. The van der Waals surface area contributed by atoms with Gasteiger partial charge in [-0.2, -0.15) is 0 Å². The third kappa shape index (κ3) is 1.59. The Balaban J connectivity index is 2.22. The first-order valence-corrected chi connectivity index (χ1v) is 5.95. The second-order valence-corrected chi connectivity index (χ2v) is 4.37. The number of rotatable bonds is 0. The molecule has 0 radical (unpaired) electrons. The second-order valence-electron chi connectivity index (χ2n) is 4.37. The van der Waals surface area contributed by atoms with Crippen molar-refractivity contribution >= 4 is 0 Å². The summed E-state index contributed by atoms with van der Waals surface area (Å²) in [6.07, 6.45) is 4.93. The molecular weight excluding hydrogens is 192 g/mol. The van der Waals surface area contributed by atoms with Crippen LogP contribution in [0, 0.1) is 12.1 Å². The maximum Gasteiger partial charge on any atom is 0.0356 e. The van der Waals surface area contributed by atoms with Crippen LogP contribution in [0.2, 0.25) is 0 Å². The minimum absolute atomic E-state index is 1.18. The van der Waals surface area contributed by atoms with Crippen molar-refractivity contribution in [2.75, 3.05) is 0 Å². The average Bonchev–Trinajstić information content (AvgIpc) is 2.33. The molecule has 0 nitrogen and oxygen atoms in total. The van der Waals surface area contributed by atoms with E-state index in [2.05, 4.69) is 42.5 Å². The van der Waals surface area contributed by atoms with E-state index in [9.17, 15) is 0 Å². The lowest BCUT2D eigenvalue weighted by Crippen LogP contribution is -1.99. The van der Waals surface area contributed by atoms with Gasteiger partial charge in [0, 0.05) is 5.56 Å². The van der Waals surface area contributed by atoms with Crippen LogP contribution in [0.1, 0.15) is 24.0 Å². The summed E-state index contributed by atoms with van der Waals surface area (Å²) in [7, 11) is 0. The van der Waals surface area contributed by atoms with Gasteiger partial charge in [0.2, 0.25) is 0 Å². The van der Waals surface area contributed by atoms with Gasteiger partial charge in [0.25, 0.3) is 0 Å². The van der Waals surface area contributed by atoms with Crippen LogP contribution in [-0.2, 0) is 12.8 Å². The normalized spacial score (nSPS) is 14.0. The first-order valence-electron chi connectivity index (χ1n) is 5.95. The summed E-state index contributed by atoms with van der Waals surface area (Å²) >= 11 is 0. The van der Waals surface area contributed by atoms with Crippen molar-refractivity contribution < 1.29 is 0 Å². The quantitative estimate of drug-likeness (QED) is 0.614. The molecule has 16 heavy (non-hydrogen) atoms. The van der Waals surface area contributed by atoms with Crippen molar-refractivity contribution in [3.8, 4) is 11.1 Å². The Morgan fingerprint density at radius 2 is 1.69 bits per heavy atom. The summed E-state index contributed by atoms with van der Waals surface area (Å²) in [5, 5.41) is 0. The lowest BCUT2D eigenvalue weighted by Gasteiger charge is -2.15. The minimum atomic E-state index is 1.18. The molecule has 0 aliphatic heterocycles. The van der Waals surface area contributed by atoms with Gasteiger partial charge < -0.3 is 0 Å². The molecule has 2 aromatic carbocycles. The topological polar surface area (TPSA) is 0 Å². The van der Waals surface area contributed by atoms with Crippen molar-refractivity contribution in [1.82, 2.24) is 0 Å². The van der Waals surface area contributed by atoms with Crippen LogP contribution in [0.3, 0.4) is 0 Å². The molecule has 0 heteroatoms. The third-order valence-corrected chi connectivity index (χ3v) is 3.32. The minimum Gasteiger partial charge on any atom is -0.0696 e. The Bertz CT molecular complexity index is 449.